The monoisotopic (exact) mass is 259 g/mol. The molecule has 17 heavy (non-hydrogen) atoms. The van der Waals surface area contributed by atoms with Crippen LogP contribution in [0.2, 0.25) is 0 Å². The molecular weight excluding hydrogens is 246 g/mol. The molecule has 0 aliphatic carbocycles. The van der Waals surface area contributed by atoms with Gasteiger partial charge in [-0.05, 0) is 6.92 Å². The van der Waals surface area contributed by atoms with E-state index in [4.69, 9.17) is 5.14 Å². The highest BCUT2D eigenvalue weighted by Crippen LogP contribution is 2.22. The van der Waals surface area contributed by atoms with Gasteiger partial charge in [0.15, 0.2) is 0 Å². The fourth-order valence-corrected chi connectivity index (χ4v) is 2.75. The number of rotatable bonds is 3. The first-order chi connectivity index (χ1) is 7.85. The molecule has 1 aliphatic heterocycles. The largest absolute Gasteiger partial charge is 0.279 e. The van der Waals surface area contributed by atoms with E-state index < -0.39 is 10.0 Å². The van der Waals surface area contributed by atoms with E-state index in [1.165, 1.54) is 4.90 Å². The van der Waals surface area contributed by atoms with Crippen molar-refractivity contribution in [3.05, 3.63) is 5.82 Å². The van der Waals surface area contributed by atoms with Gasteiger partial charge in [0.25, 0.3) is 5.95 Å². The Labute approximate surface area is 98.3 Å². The molecule has 0 bridgehead atoms. The molecule has 9 heteroatoms. The maximum Gasteiger partial charge on any atom is 0.251 e. The lowest BCUT2D eigenvalue weighted by molar-refractivity contribution is -0.117. The average Bonchev–Trinajstić information content (AvgIpc) is 2.70. The molecule has 1 fully saturated rings. The molecule has 2 heterocycles. The van der Waals surface area contributed by atoms with E-state index in [1.807, 2.05) is 0 Å². The molecule has 0 saturated carbocycles. The van der Waals surface area contributed by atoms with Crippen LogP contribution in [0.3, 0.4) is 0 Å². The lowest BCUT2D eigenvalue weighted by Crippen LogP contribution is -2.28. The fourth-order valence-electron chi connectivity index (χ4n) is 1.87. The van der Waals surface area contributed by atoms with Gasteiger partial charge in [0.1, 0.15) is 5.82 Å². The Morgan fingerprint density at radius 3 is 2.82 bits per heavy atom. The SMILES string of the molecule is Cc1nc(N2CC(CS(N)(=O)=O)CC2=O)n[nH]1. The molecule has 3 N–H and O–H groups in total. The van der Waals surface area contributed by atoms with E-state index >= 15 is 0 Å². The summed E-state index contributed by atoms with van der Waals surface area (Å²) >= 11 is 0. The molecule has 0 aromatic carbocycles. The molecular formula is C8H13N5O3S. The summed E-state index contributed by atoms with van der Waals surface area (Å²) in [4.78, 5) is 17.1. The van der Waals surface area contributed by atoms with E-state index in [2.05, 4.69) is 15.2 Å². The fraction of sp³-hybridized carbons (Fsp3) is 0.625. The van der Waals surface area contributed by atoms with Crippen molar-refractivity contribution >= 4 is 21.9 Å². The molecule has 0 spiro atoms. The maximum atomic E-state index is 11.7. The van der Waals surface area contributed by atoms with Crippen molar-refractivity contribution < 1.29 is 13.2 Å². The number of carbonyl (C=O) groups is 1. The second-order valence-corrected chi connectivity index (χ2v) is 5.78. The molecule has 1 aliphatic rings. The molecule has 8 nitrogen and oxygen atoms in total. The highest BCUT2D eigenvalue weighted by molar-refractivity contribution is 7.89. The Kier molecular flexibility index (Phi) is 2.87. The molecule has 1 saturated heterocycles. The van der Waals surface area contributed by atoms with E-state index in [1.54, 1.807) is 6.92 Å². The Balaban J connectivity index is 2.10. The standard InChI is InChI=1S/C8H13N5O3S/c1-5-10-8(12-11-5)13-3-6(2-7(13)14)4-17(9,15)16/h6H,2-4H2,1H3,(H2,9,15,16)(H,10,11,12). The maximum absolute atomic E-state index is 11.7. The summed E-state index contributed by atoms with van der Waals surface area (Å²) in [6, 6.07) is 0. The third-order valence-electron chi connectivity index (χ3n) is 2.50. The summed E-state index contributed by atoms with van der Waals surface area (Å²) in [5, 5.41) is 11.5. The van der Waals surface area contributed by atoms with Crippen LogP contribution >= 0.6 is 0 Å². The number of aromatic nitrogens is 3. The molecule has 1 amide bonds. The van der Waals surface area contributed by atoms with Crippen LogP contribution in [0.5, 0.6) is 0 Å². The van der Waals surface area contributed by atoms with Crippen molar-refractivity contribution in [2.45, 2.75) is 13.3 Å². The quantitative estimate of drug-likeness (QED) is 0.702. The first-order valence-corrected chi connectivity index (χ1v) is 6.76. The van der Waals surface area contributed by atoms with Crippen molar-refractivity contribution in [2.75, 3.05) is 17.2 Å². The molecule has 94 valence electrons. The molecule has 1 aromatic rings. The zero-order valence-electron chi connectivity index (χ0n) is 9.25. The average molecular weight is 259 g/mol. The summed E-state index contributed by atoms with van der Waals surface area (Å²) in [7, 11) is -3.56. The number of nitrogens with two attached hydrogens (primary N) is 1. The molecule has 2 rings (SSSR count). The van der Waals surface area contributed by atoms with Crippen LogP contribution in [0.4, 0.5) is 5.95 Å². The van der Waals surface area contributed by atoms with Crippen molar-refractivity contribution in [3.63, 3.8) is 0 Å². The van der Waals surface area contributed by atoms with Gasteiger partial charge in [0.2, 0.25) is 15.9 Å². The number of hydrogen-bond donors (Lipinski definition) is 2. The summed E-state index contributed by atoms with van der Waals surface area (Å²) in [5.41, 5.74) is 0. The van der Waals surface area contributed by atoms with Crippen LogP contribution in [-0.2, 0) is 14.8 Å². The summed E-state index contributed by atoms with van der Waals surface area (Å²) in [6.45, 7) is 2.01. The number of nitrogens with zero attached hydrogens (tertiary/aromatic N) is 3. The van der Waals surface area contributed by atoms with Gasteiger partial charge in [0.05, 0.1) is 5.75 Å². The predicted molar refractivity (Wildman–Crippen MR) is 59.6 cm³/mol. The molecule has 1 unspecified atom stereocenters. The Hall–Kier alpha value is -1.48. The van der Waals surface area contributed by atoms with Gasteiger partial charge in [-0.1, -0.05) is 0 Å². The number of aryl methyl sites for hydroxylation is 1. The lowest BCUT2D eigenvalue weighted by Gasteiger charge is -2.11. The van der Waals surface area contributed by atoms with Crippen molar-refractivity contribution in [1.29, 1.82) is 0 Å². The van der Waals surface area contributed by atoms with Crippen LogP contribution in [-0.4, -0.2) is 41.8 Å². The second-order valence-electron chi connectivity index (χ2n) is 4.12. The number of sulfonamides is 1. The lowest BCUT2D eigenvalue weighted by atomic mass is 10.1. The third kappa shape index (κ3) is 2.80. The summed E-state index contributed by atoms with van der Waals surface area (Å²) in [6.07, 6.45) is 0.157. The number of carbonyl (C=O) groups excluding carboxylic acids is 1. The Bertz CT molecular complexity index is 537. The van der Waals surface area contributed by atoms with Gasteiger partial charge in [0, 0.05) is 18.9 Å². The zero-order valence-corrected chi connectivity index (χ0v) is 10.1. The molecule has 0 radical (unpaired) electrons. The Morgan fingerprint density at radius 2 is 2.29 bits per heavy atom. The topological polar surface area (TPSA) is 122 Å². The van der Waals surface area contributed by atoms with Crippen LogP contribution in [0.25, 0.3) is 0 Å². The first kappa shape index (κ1) is 12.0. The van der Waals surface area contributed by atoms with Crippen LogP contribution in [0.1, 0.15) is 12.2 Å². The molecule has 1 aromatic heterocycles. The van der Waals surface area contributed by atoms with Crippen LogP contribution in [0.15, 0.2) is 0 Å². The van der Waals surface area contributed by atoms with Gasteiger partial charge in [-0.3, -0.25) is 14.8 Å². The number of anilines is 1. The van der Waals surface area contributed by atoms with Gasteiger partial charge < -0.3 is 0 Å². The normalized spacial score (nSPS) is 21.2. The minimum Gasteiger partial charge on any atom is -0.279 e. The number of nitrogens with one attached hydrogen (secondary N) is 1. The number of primary sulfonamides is 1. The van der Waals surface area contributed by atoms with E-state index in [-0.39, 0.29) is 36.5 Å². The van der Waals surface area contributed by atoms with Gasteiger partial charge in [-0.2, -0.15) is 4.98 Å². The second kappa shape index (κ2) is 4.08. The summed E-state index contributed by atoms with van der Waals surface area (Å²) < 4.78 is 21.9. The van der Waals surface area contributed by atoms with E-state index in [0.717, 1.165) is 0 Å². The minimum absolute atomic E-state index is 0.157. The van der Waals surface area contributed by atoms with Gasteiger partial charge in [-0.25, -0.2) is 13.6 Å². The Morgan fingerprint density at radius 1 is 1.59 bits per heavy atom. The summed E-state index contributed by atoms with van der Waals surface area (Å²) in [5.74, 6) is 0.208. The highest BCUT2D eigenvalue weighted by Gasteiger charge is 2.34. The number of hydrogen-bond acceptors (Lipinski definition) is 5. The first-order valence-electron chi connectivity index (χ1n) is 5.05. The highest BCUT2D eigenvalue weighted by atomic mass is 32.2. The van der Waals surface area contributed by atoms with E-state index in [0.29, 0.717) is 5.82 Å². The van der Waals surface area contributed by atoms with Crippen molar-refractivity contribution in [3.8, 4) is 0 Å². The van der Waals surface area contributed by atoms with Gasteiger partial charge >= 0.3 is 0 Å². The van der Waals surface area contributed by atoms with Crippen LogP contribution in [0, 0.1) is 12.8 Å². The van der Waals surface area contributed by atoms with Crippen molar-refractivity contribution in [2.24, 2.45) is 11.1 Å². The van der Waals surface area contributed by atoms with Crippen LogP contribution < -0.4 is 10.0 Å². The number of aromatic amines is 1. The third-order valence-corrected chi connectivity index (χ3v) is 3.44. The smallest absolute Gasteiger partial charge is 0.251 e. The van der Waals surface area contributed by atoms with Crippen molar-refractivity contribution in [1.82, 2.24) is 15.2 Å². The molecule has 1 atom stereocenters. The van der Waals surface area contributed by atoms with Gasteiger partial charge in [-0.15, -0.1) is 5.10 Å². The minimum atomic E-state index is -3.56. The number of H-pyrrole nitrogens is 1. The van der Waals surface area contributed by atoms with E-state index in [9.17, 15) is 13.2 Å². The zero-order chi connectivity index (χ0) is 12.6. The predicted octanol–water partition coefficient (Wildman–Crippen LogP) is -1.25. The number of amides is 1.